The van der Waals surface area contributed by atoms with Crippen molar-refractivity contribution in [1.29, 1.82) is 0 Å². The van der Waals surface area contributed by atoms with Gasteiger partial charge in [-0.1, -0.05) is 138 Å². The number of ether oxygens (including phenoxy) is 6. The van der Waals surface area contributed by atoms with E-state index in [-0.39, 0.29) is 71.7 Å². The van der Waals surface area contributed by atoms with E-state index in [0.29, 0.717) is 77.0 Å². The second-order valence-corrected chi connectivity index (χ2v) is 24.1. The van der Waals surface area contributed by atoms with Crippen LogP contribution < -0.4 is 10.6 Å². The van der Waals surface area contributed by atoms with Crippen LogP contribution in [0, 0.1) is 35.1 Å². The van der Waals surface area contributed by atoms with Crippen LogP contribution in [-0.4, -0.2) is 70.8 Å². The standard InChI is InChI=1S/C66H76F4N6O8/c1-79-63(57-39-81-41-83-57,37-43-21-9-3-10-22-43)59-73-53-33-49(67)51(69)35-55(53)75(59)65(45-25-13-5-14-26-45,61(77)71-47-29-17-7-18-30-47)66(46-27-15-6-16-28-46,62(78)72-48-31-19-8-20-32-48)76-56-36-52(70)50(68)34-54(56)74-60(76)64(80-2,58-40-82-42-84-58)38-44-23-11-4-12-24-44/h3-4,9-12,21-24,33-36,39-40,45-48H,5-8,13-20,25-32,37-38,41-42H2,1-2H3,(H,71,77)(H,72,78). The molecule has 2 aromatic heterocycles. The van der Waals surface area contributed by atoms with E-state index >= 15 is 27.2 Å². The molecule has 4 fully saturated rings. The first-order chi connectivity index (χ1) is 41.0. The van der Waals surface area contributed by atoms with Crippen LogP contribution in [0.3, 0.4) is 0 Å². The van der Waals surface area contributed by atoms with E-state index in [1.54, 1.807) is 9.13 Å². The van der Waals surface area contributed by atoms with Gasteiger partial charge >= 0.3 is 0 Å². The molecule has 84 heavy (non-hydrogen) atoms. The van der Waals surface area contributed by atoms with E-state index in [2.05, 4.69) is 10.6 Å². The number of nitrogens with zero attached hydrogens (tertiary/aromatic N) is 4. The van der Waals surface area contributed by atoms with Crippen molar-refractivity contribution in [1.82, 2.24) is 29.7 Å². The van der Waals surface area contributed by atoms with E-state index in [9.17, 15) is 0 Å². The minimum atomic E-state index is -2.36. The van der Waals surface area contributed by atoms with Crippen LogP contribution in [0.2, 0.25) is 0 Å². The fourth-order valence-corrected chi connectivity index (χ4v) is 15.5. The molecule has 6 aliphatic rings. The predicted molar refractivity (Wildman–Crippen MR) is 306 cm³/mol. The smallest absolute Gasteiger partial charge is 0.249 e. The van der Waals surface area contributed by atoms with Gasteiger partial charge < -0.3 is 48.2 Å². The molecule has 14 nitrogen and oxygen atoms in total. The Labute approximate surface area is 487 Å². The number of hydrogen-bond acceptors (Lipinski definition) is 10. The molecule has 6 aromatic rings. The number of fused-ring (bicyclic) bond motifs is 2. The molecule has 0 bridgehead atoms. The van der Waals surface area contributed by atoms with Gasteiger partial charge in [0.05, 0.1) is 22.1 Å². The lowest BCUT2D eigenvalue weighted by Gasteiger charge is -2.59. The third-order valence-electron chi connectivity index (χ3n) is 19.4. The molecule has 4 aliphatic carbocycles. The van der Waals surface area contributed by atoms with Crippen molar-refractivity contribution in [2.24, 2.45) is 11.8 Å². The fraction of sp³-hybridized carbons (Fsp3) is 0.515. The molecule has 0 spiro atoms. The maximum Gasteiger partial charge on any atom is 0.249 e. The predicted octanol–water partition coefficient (Wildman–Crippen LogP) is 13.0. The molecule has 4 saturated carbocycles. The number of benzene rings is 4. The van der Waals surface area contributed by atoms with Gasteiger partial charge in [-0.3, -0.25) is 9.59 Å². The van der Waals surface area contributed by atoms with E-state index < -0.39 is 81.3 Å². The van der Waals surface area contributed by atoms with Crippen molar-refractivity contribution in [2.45, 2.75) is 176 Å². The molecule has 0 radical (unpaired) electrons. The average molecular weight is 1160 g/mol. The van der Waals surface area contributed by atoms with Gasteiger partial charge in [-0.25, -0.2) is 27.5 Å². The first kappa shape index (κ1) is 57.5. The lowest BCUT2D eigenvalue weighted by molar-refractivity contribution is -0.166. The first-order valence-corrected chi connectivity index (χ1v) is 30.5. The molecular weight excluding hydrogens is 1080 g/mol. The Balaban J connectivity index is 1.34. The number of hydrogen-bond donors (Lipinski definition) is 2. The quantitative estimate of drug-likeness (QED) is 0.0751. The molecule has 2 aliphatic heterocycles. The zero-order valence-corrected chi connectivity index (χ0v) is 48.1. The van der Waals surface area contributed by atoms with E-state index in [1.165, 1.54) is 26.7 Å². The van der Waals surface area contributed by atoms with Gasteiger partial charge in [0.2, 0.25) is 25.4 Å². The van der Waals surface area contributed by atoms with Crippen molar-refractivity contribution in [3.05, 3.63) is 155 Å². The Hall–Kier alpha value is -6.92. The van der Waals surface area contributed by atoms with Crippen molar-refractivity contribution >= 4 is 33.9 Å². The highest BCUT2D eigenvalue weighted by atomic mass is 19.2. The Kier molecular flexibility index (Phi) is 16.6. The van der Waals surface area contributed by atoms with Crippen LogP contribution >= 0.6 is 0 Å². The molecule has 4 aromatic carbocycles. The SMILES string of the molecule is COC(Cc1ccccc1)(C1=COCO1)c1nc2cc(F)c(F)cc2n1C(C(=O)NC1CCCCC1)(C1CCCCC1)C(C(=O)NC1CCCCC1)(C1CCCCC1)n1c(C(Cc2ccccc2)(OC)C2=COCO2)nc2cc(F)c(F)cc21. The van der Waals surface area contributed by atoms with Gasteiger partial charge in [-0.2, -0.15) is 0 Å². The van der Waals surface area contributed by atoms with Crippen molar-refractivity contribution in [3.63, 3.8) is 0 Å². The molecule has 446 valence electrons. The average Bonchev–Trinajstić information content (AvgIpc) is 1.42. The summed E-state index contributed by atoms with van der Waals surface area (Å²) in [5.41, 5.74) is -7.05. The maximum atomic E-state index is 18.3. The Bertz CT molecular complexity index is 3180. The minimum absolute atomic E-state index is 0.00124. The molecule has 0 saturated heterocycles. The van der Waals surface area contributed by atoms with Crippen molar-refractivity contribution in [2.75, 3.05) is 27.8 Å². The lowest BCUT2D eigenvalue weighted by Crippen LogP contribution is -2.76. The number of halogens is 4. The first-order valence-electron chi connectivity index (χ1n) is 30.5. The van der Waals surface area contributed by atoms with Crippen molar-refractivity contribution < 1.29 is 55.6 Å². The zero-order valence-electron chi connectivity index (χ0n) is 48.1. The van der Waals surface area contributed by atoms with Gasteiger partial charge in [0.1, 0.15) is 12.5 Å². The summed E-state index contributed by atoms with van der Waals surface area (Å²) < 4.78 is 109. The number of nitrogens with one attached hydrogen (secondary N) is 2. The third-order valence-corrected chi connectivity index (χ3v) is 19.4. The van der Waals surface area contributed by atoms with E-state index in [0.717, 1.165) is 86.8 Å². The molecular formula is C66H76F4N6O8. The summed E-state index contributed by atoms with van der Waals surface area (Å²) in [7, 11) is 3.00. The highest BCUT2D eigenvalue weighted by molar-refractivity contribution is 6.00. The van der Waals surface area contributed by atoms with Gasteiger partial charge in [0.15, 0.2) is 68.7 Å². The third kappa shape index (κ3) is 9.89. The number of carbonyl (C=O) groups excluding carboxylic acids is 2. The van der Waals surface area contributed by atoms with Gasteiger partial charge in [0, 0.05) is 63.4 Å². The topological polar surface area (TPSA) is 149 Å². The van der Waals surface area contributed by atoms with Crippen LogP contribution in [0.15, 0.2) is 109 Å². The summed E-state index contributed by atoms with van der Waals surface area (Å²) in [6, 6.07) is 22.4. The normalized spacial score (nSPS) is 21.4. The highest BCUT2D eigenvalue weighted by Crippen LogP contribution is 2.60. The van der Waals surface area contributed by atoms with E-state index in [1.807, 2.05) is 60.7 Å². The van der Waals surface area contributed by atoms with Crippen molar-refractivity contribution in [3.8, 4) is 0 Å². The molecule has 4 unspecified atom stereocenters. The van der Waals surface area contributed by atoms with Crippen LogP contribution in [0.4, 0.5) is 17.6 Å². The largest absolute Gasteiger partial charge is 0.461 e. The van der Waals surface area contributed by atoms with Crippen LogP contribution in [0.25, 0.3) is 22.1 Å². The maximum absolute atomic E-state index is 18.3. The van der Waals surface area contributed by atoms with Crippen LogP contribution in [0.5, 0.6) is 0 Å². The molecule has 2 amide bonds. The number of rotatable bonds is 19. The fourth-order valence-electron chi connectivity index (χ4n) is 15.5. The zero-order chi connectivity index (χ0) is 58.1. The summed E-state index contributed by atoms with van der Waals surface area (Å²) in [6.07, 6.45) is 16.1. The molecule has 18 heteroatoms. The monoisotopic (exact) mass is 1160 g/mol. The number of amides is 2. The highest BCUT2D eigenvalue weighted by Gasteiger charge is 2.73. The second kappa shape index (κ2) is 24.2. The van der Waals surface area contributed by atoms with Gasteiger partial charge in [0.25, 0.3) is 0 Å². The number of methoxy groups -OCH3 is 2. The second-order valence-electron chi connectivity index (χ2n) is 24.1. The summed E-state index contributed by atoms with van der Waals surface area (Å²) in [4.78, 5) is 47.5. The number of carbonyl (C=O) groups is 2. The minimum Gasteiger partial charge on any atom is -0.461 e. The Morgan fingerprint density at radius 2 is 0.857 bits per heavy atom. The molecule has 12 rings (SSSR count). The Morgan fingerprint density at radius 3 is 1.19 bits per heavy atom. The number of imidazole rings is 2. The molecule has 4 heterocycles. The molecule has 4 atom stereocenters. The summed E-state index contributed by atoms with van der Waals surface area (Å²) in [5, 5.41) is 7.30. The van der Waals surface area contributed by atoms with Gasteiger partial charge in [-0.15, -0.1) is 0 Å². The summed E-state index contributed by atoms with van der Waals surface area (Å²) >= 11 is 0. The van der Waals surface area contributed by atoms with Crippen LogP contribution in [0.1, 0.15) is 151 Å². The number of aromatic nitrogens is 4. The van der Waals surface area contributed by atoms with Crippen LogP contribution in [-0.2, 0) is 73.1 Å². The molecule has 2 N–H and O–H groups in total. The summed E-state index contributed by atoms with van der Waals surface area (Å²) in [5.74, 6) is -7.33. The Morgan fingerprint density at radius 1 is 0.512 bits per heavy atom. The van der Waals surface area contributed by atoms with Gasteiger partial charge in [-0.05, 0) is 74.3 Å². The van der Waals surface area contributed by atoms with E-state index in [4.69, 9.17) is 38.4 Å². The summed E-state index contributed by atoms with van der Waals surface area (Å²) in [6.45, 7) is -0.418. The lowest BCUT2D eigenvalue weighted by atomic mass is 9.55.